The second kappa shape index (κ2) is 8.04. The van der Waals surface area contributed by atoms with Gasteiger partial charge in [0.25, 0.3) is 5.56 Å². The molecule has 2 aromatic heterocycles. The van der Waals surface area contributed by atoms with Crippen molar-refractivity contribution in [1.82, 2.24) is 19.2 Å². The van der Waals surface area contributed by atoms with Crippen LogP contribution in [0.15, 0.2) is 53.3 Å². The summed E-state index contributed by atoms with van der Waals surface area (Å²) in [7, 11) is 1.63. The number of hydrogen-bond donors (Lipinski definition) is 0. The number of rotatable bonds is 6. The normalized spacial score (nSPS) is 11.2. The summed E-state index contributed by atoms with van der Waals surface area (Å²) in [5.74, 6) is 0.879. The second-order valence-electron chi connectivity index (χ2n) is 6.41. The first-order chi connectivity index (χ1) is 14.0. The van der Waals surface area contributed by atoms with Crippen molar-refractivity contribution in [3.05, 3.63) is 76.1 Å². The number of hydrogen-bond acceptors (Lipinski definition) is 6. The van der Waals surface area contributed by atoms with Crippen LogP contribution in [0.25, 0.3) is 16.7 Å². The fraction of sp³-hybridized carbons (Fsp3) is 0.200. The van der Waals surface area contributed by atoms with Gasteiger partial charge >= 0.3 is 5.97 Å². The topological polar surface area (TPSA) is 78.5 Å². The summed E-state index contributed by atoms with van der Waals surface area (Å²) < 4.78 is 21.4. The van der Waals surface area contributed by atoms with E-state index in [1.807, 2.05) is 6.07 Å². The molecule has 0 saturated carbocycles. The molecule has 4 rings (SSSR count). The van der Waals surface area contributed by atoms with E-state index in [2.05, 4.69) is 10.2 Å². The molecule has 0 saturated heterocycles. The Kier molecular flexibility index (Phi) is 5.30. The average Bonchev–Trinajstić information content (AvgIpc) is 3.16. The van der Waals surface area contributed by atoms with Gasteiger partial charge in [-0.1, -0.05) is 24.3 Å². The number of thioether (sulfide) groups is 1. The monoisotopic (exact) mass is 412 g/mol. The maximum Gasteiger partial charge on any atom is 0.316 e. The molecule has 4 aromatic rings. The van der Waals surface area contributed by atoms with E-state index >= 15 is 0 Å². The van der Waals surface area contributed by atoms with E-state index in [0.717, 1.165) is 5.56 Å². The van der Waals surface area contributed by atoms with E-state index in [1.54, 1.807) is 41.8 Å². The summed E-state index contributed by atoms with van der Waals surface area (Å²) in [6.07, 6.45) is 0. The van der Waals surface area contributed by atoms with Crippen LogP contribution >= 0.6 is 11.8 Å². The van der Waals surface area contributed by atoms with Gasteiger partial charge in [-0.25, -0.2) is 4.39 Å². The molecule has 0 spiro atoms. The van der Waals surface area contributed by atoms with E-state index in [1.165, 1.54) is 28.5 Å². The minimum absolute atomic E-state index is 0.0562. The van der Waals surface area contributed by atoms with Crippen molar-refractivity contribution in [2.45, 2.75) is 12.4 Å². The van der Waals surface area contributed by atoms with Crippen molar-refractivity contribution in [2.75, 3.05) is 5.75 Å². The Morgan fingerprint density at radius 1 is 1.14 bits per heavy atom. The van der Waals surface area contributed by atoms with E-state index in [4.69, 9.17) is 4.74 Å². The Labute approximate surface area is 169 Å². The number of fused-ring (bicyclic) bond motifs is 3. The summed E-state index contributed by atoms with van der Waals surface area (Å²) in [5.41, 5.74) is 1.42. The largest absolute Gasteiger partial charge is 0.457 e. The van der Waals surface area contributed by atoms with Gasteiger partial charge in [-0.2, -0.15) is 0 Å². The molecule has 0 radical (unpaired) electrons. The molecular formula is C20H17FN4O3S. The number of carbonyl (C=O) groups excluding carboxylic acids is 1. The lowest BCUT2D eigenvalue weighted by Crippen LogP contribution is -2.20. The Morgan fingerprint density at radius 2 is 1.90 bits per heavy atom. The Bertz CT molecular complexity index is 1250. The third kappa shape index (κ3) is 3.86. The summed E-state index contributed by atoms with van der Waals surface area (Å²) in [6.45, 7) is -0.0562. The Hall–Kier alpha value is -3.20. The highest BCUT2D eigenvalue weighted by atomic mass is 32.2. The number of benzene rings is 2. The Morgan fingerprint density at radius 3 is 2.69 bits per heavy atom. The van der Waals surface area contributed by atoms with E-state index < -0.39 is 0 Å². The number of ether oxygens (including phenoxy) is 1. The van der Waals surface area contributed by atoms with E-state index in [0.29, 0.717) is 28.3 Å². The Balaban J connectivity index is 1.45. The zero-order chi connectivity index (χ0) is 20.4. The molecule has 0 N–H and O–H groups in total. The molecule has 29 heavy (non-hydrogen) atoms. The lowest BCUT2D eigenvalue weighted by atomic mass is 10.2. The molecule has 148 valence electrons. The van der Waals surface area contributed by atoms with Crippen molar-refractivity contribution >= 4 is 34.4 Å². The summed E-state index contributed by atoms with van der Waals surface area (Å²) in [4.78, 5) is 24.5. The molecule has 0 aliphatic heterocycles. The molecule has 2 aromatic carbocycles. The molecule has 0 aliphatic rings. The number of aryl methyl sites for hydroxylation is 1. The van der Waals surface area contributed by atoms with Crippen LogP contribution < -0.4 is 5.56 Å². The van der Waals surface area contributed by atoms with Crippen LogP contribution in [0.1, 0.15) is 11.4 Å². The van der Waals surface area contributed by atoms with Crippen LogP contribution in [0.3, 0.4) is 0 Å². The third-order valence-corrected chi connectivity index (χ3v) is 5.43. The van der Waals surface area contributed by atoms with Gasteiger partial charge in [0.1, 0.15) is 5.82 Å². The maximum absolute atomic E-state index is 12.9. The molecule has 0 atom stereocenters. The van der Waals surface area contributed by atoms with Gasteiger partial charge in [-0.3, -0.25) is 18.6 Å². The van der Waals surface area contributed by atoms with Crippen molar-refractivity contribution in [2.24, 2.45) is 7.05 Å². The standard InChI is InChI=1S/C20H17FN4O3S/c1-24-19(27)15-4-2-3-5-16(15)25-17(22-23-20(24)25)10-28-18(26)12-29-11-13-6-8-14(21)9-7-13/h2-9H,10-12H2,1H3. The lowest BCUT2D eigenvalue weighted by Gasteiger charge is -2.08. The maximum atomic E-state index is 12.9. The van der Waals surface area contributed by atoms with Gasteiger partial charge in [0.15, 0.2) is 12.4 Å². The highest BCUT2D eigenvalue weighted by molar-refractivity contribution is 7.99. The zero-order valence-electron chi connectivity index (χ0n) is 15.5. The number of halogens is 1. The van der Waals surface area contributed by atoms with Gasteiger partial charge < -0.3 is 4.74 Å². The minimum Gasteiger partial charge on any atom is -0.457 e. The molecule has 0 fully saturated rings. The average molecular weight is 412 g/mol. The molecule has 9 heteroatoms. The molecule has 2 heterocycles. The van der Waals surface area contributed by atoms with Gasteiger partial charge in [-0.05, 0) is 29.8 Å². The molecule has 0 amide bonds. The highest BCUT2D eigenvalue weighted by Gasteiger charge is 2.15. The lowest BCUT2D eigenvalue weighted by molar-refractivity contribution is -0.141. The number of carbonyl (C=O) groups is 1. The summed E-state index contributed by atoms with van der Waals surface area (Å²) in [5, 5.41) is 8.69. The van der Waals surface area contributed by atoms with Gasteiger partial charge in [0, 0.05) is 12.8 Å². The highest BCUT2D eigenvalue weighted by Crippen LogP contribution is 2.16. The second-order valence-corrected chi connectivity index (χ2v) is 7.40. The first-order valence-corrected chi connectivity index (χ1v) is 9.99. The van der Waals surface area contributed by atoms with Crippen LogP contribution in [0, 0.1) is 5.82 Å². The predicted molar refractivity (Wildman–Crippen MR) is 108 cm³/mol. The zero-order valence-corrected chi connectivity index (χ0v) is 16.4. The number of esters is 1. The van der Waals surface area contributed by atoms with Crippen LogP contribution in [0.5, 0.6) is 0 Å². The molecule has 0 aliphatic carbocycles. The van der Waals surface area contributed by atoms with Crippen LogP contribution in [0.2, 0.25) is 0 Å². The van der Waals surface area contributed by atoms with Gasteiger partial charge in [0.05, 0.1) is 16.7 Å². The number of para-hydroxylation sites is 1. The SMILES string of the molecule is Cn1c(=O)c2ccccc2n2c(COC(=O)CSCc3ccc(F)cc3)nnc12. The summed E-state index contributed by atoms with van der Waals surface area (Å²) in [6, 6.07) is 13.3. The predicted octanol–water partition coefficient (Wildman–Crippen LogP) is 2.70. The van der Waals surface area contributed by atoms with Crippen molar-refractivity contribution in [3.63, 3.8) is 0 Å². The van der Waals surface area contributed by atoms with Crippen LogP contribution in [-0.4, -0.2) is 30.9 Å². The third-order valence-electron chi connectivity index (χ3n) is 4.46. The smallest absolute Gasteiger partial charge is 0.316 e. The van der Waals surface area contributed by atoms with Crippen molar-refractivity contribution in [1.29, 1.82) is 0 Å². The van der Waals surface area contributed by atoms with E-state index in [-0.39, 0.29) is 29.7 Å². The first-order valence-electron chi connectivity index (χ1n) is 8.84. The van der Waals surface area contributed by atoms with E-state index in [9.17, 15) is 14.0 Å². The van der Waals surface area contributed by atoms with Crippen molar-refractivity contribution in [3.8, 4) is 0 Å². The fourth-order valence-electron chi connectivity index (χ4n) is 3.01. The number of nitrogens with zero attached hydrogens (tertiary/aromatic N) is 4. The molecule has 7 nitrogen and oxygen atoms in total. The minimum atomic E-state index is -0.386. The van der Waals surface area contributed by atoms with Gasteiger partial charge in [0.2, 0.25) is 5.78 Å². The quantitative estimate of drug-likeness (QED) is 0.453. The molecule has 0 bridgehead atoms. The van der Waals surface area contributed by atoms with Crippen LogP contribution in [0.4, 0.5) is 4.39 Å². The fourth-order valence-corrected chi connectivity index (χ4v) is 3.79. The summed E-state index contributed by atoms with van der Waals surface area (Å²) >= 11 is 1.38. The molecule has 0 unspecified atom stereocenters. The van der Waals surface area contributed by atoms with Crippen molar-refractivity contribution < 1.29 is 13.9 Å². The van der Waals surface area contributed by atoms with Crippen LogP contribution in [-0.2, 0) is 28.9 Å². The van der Waals surface area contributed by atoms with Gasteiger partial charge in [-0.15, -0.1) is 22.0 Å². The number of aromatic nitrogens is 4. The first kappa shape index (κ1) is 19.1. The molecular weight excluding hydrogens is 395 g/mol.